The van der Waals surface area contributed by atoms with Crippen molar-refractivity contribution in [2.24, 2.45) is 0 Å². The van der Waals surface area contributed by atoms with Crippen molar-refractivity contribution in [3.8, 4) is 0 Å². The van der Waals surface area contributed by atoms with E-state index in [0.29, 0.717) is 16.1 Å². The molecule has 0 aliphatic heterocycles. The van der Waals surface area contributed by atoms with E-state index in [2.05, 4.69) is 51.7 Å². The van der Waals surface area contributed by atoms with Gasteiger partial charge in [0.05, 0.1) is 6.33 Å². The first-order chi connectivity index (χ1) is 6.89. The first kappa shape index (κ1) is 10.4. The average molecular weight is 270 g/mol. The van der Waals surface area contributed by atoms with Gasteiger partial charge >= 0.3 is 0 Å². The number of imidazole rings is 1. The molecular formula is C9H12BrN5. The highest BCUT2D eigenvalue weighted by atomic mass is 79.9. The lowest BCUT2D eigenvalue weighted by Gasteiger charge is -2.20. The summed E-state index contributed by atoms with van der Waals surface area (Å²) < 4.78 is 2.46. The number of rotatable bonds is 0. The smallest absolute Gasteiger partial charge is 0.200 e. The van der Waals surface area contributed by atoms with Crippen LogP contribution < -0.4 is 5.73 Å². The molecule has 0 amide bonds. The molecule has 0 radical (unpaired) electrons. The van der Waals surface area contributed by atoms with Gasteiger partial charge in [0, 0.05) is 5.54 Å². The molecule has 0 fully saturated rings. The average Bonchev–Trinajstić information content (AvgIpc) is 2.45. The highest BCUT2D eigenvalue weighted by molar-refractivity contribution is 9.10. The second kappa shape index (κ2) is 3.16. The van der Waals surface area contributed by atoms with Crippen LogP contribution in [0.5, 0.6) is 0 Å². The zero-order chi connectivity index (χ0) is 11.2. The van der Waals surface area contributed by atoms with Gasteiger partial charge in [-0.15, -0.1) is 0 Å². The SMILES string of the molecule is CC(C)(C)n1cnc2c(N)nc(Br)nc21. The molecule has 0 saturated carbocycles. The predicted molar refractivity (Wildman–Crippen MR) is 62.4 cm³/mol. The topological polar surface area (TPSA) is 69.6 Å². The number of hydrogen-bond acceptors (Lipinski definition) is 4. The summed E-state index contributed by atoms with van der Waals surface area (Å²) in [7, 11) is 0. The molecule has 0 unspecified atom stereocenters. The number of aromatic nitrogens is 4. The van der Waals surface area contributed by atoms with Crippen LogP contribution in [0.3, 0.4) is 0 Å². The molecule has 0 saturated heterocycles. The number of nitrogen functional groups attached to an aromatic ring is 1. The van der Waals surface area contributed by atoms with Gasteiger partial charge in [-0.1, -0.05) is 0 Å². The van der Waals surface area contributed by atoms with Gasteiger partial charge in [-0.25, -0.2) is 15.0 Å². The Morgan fingerprint density at radius 1 is 1.33 bits per heavy atom. The van der Waals surface area contributed by atoms with Crippen molar-refractivity contribution >= 4 is 32.9 Å². The van der Waals surface area contributed by atoms with Crippen molar-refractivity contribution in [2.75, 3.05) is 5.73 Å². The van der Waals surface area contributed by atoms with E-state index in [-0.39, 0.29) is 5.54 Å². The second-order valence-corrected chi connectivity index (χ2v) is 5.04. The molecule has 2 aromatic rings. The Balaban J connectivity index is 2.80. The maximum atomic E-state index is 5.76. The van der Waals surface area contributed by atoms with Crippen molar-refractivity contribution in [3.05, 3.63) is 11.1 Å². The van der Waals surface area contributed by atoms with Crippen LogP contribution in [0.2, 0.25) is 0 Å². The van der Waals surface area contributed by atoms with E-state index in [0.717, 1.165) is 5.65 Å². The molecule has 0 bridgehead atoms. The van der Waals surface area contributed by atoms with Gasteiger partial charge in [-0.3, -0.25) is 0 Å². The molecule has 2 heterocycles. The van der Waals surface area contributed by atoms with Gasteiger partial charge in [-0.05, 0) is 36.7 Å². The fourth-order valence-electron chi connectivity index (χ4n) is 1.39. The molecule has 2 rings (SSSR count). The molecule has 2 aromatic heterocycles. The van der Waals surface area contributed by atoms with Gasteiger partial charge in [0.15, 0.2) is 11.5 Å². The van der Waals surface area contributed by atoms with Crippen LogP contribution in [0.4, 0.5) is 5.82 Å². The maximum absolute atomic E-state index is 5.76. The summed E-state index contributed by atoms with van der Waals surface area (Å²) in [5, 5.41) is 0. The van der Waals surface area contributed by atoms with Gasteiger partial charge < -0.3 is 10.3 Å². The number of halogens is 1. The standard InChI is InChI=1S/C9H12BrN5/c1-9(2,3)15-4-12-5-6(11)13-8(10)14-7(5)15/h4H,1-3H3,(H2,11,13,14). The predicted octanol–water partition coefficient (Wildman–Crippen LogP) is 1.93. The van der Waals surface area contributed by atoms with E-state index in [9.17, 15) is 0 Å². The quantitative estimate of drug-likeness (QED) is 0.742. The molecule has 0 aliphatic rings. The third kappa shape index (κ3) is 1.69. The van der Waals surface area contributed by atoms with E-state index in [1.54, 1.807) is 6.33 Å². The summed E-state index contributed by atoms with van der Waals surface area (Å²) >= 11 is 3.23. The minimum absolute atomic E-state index is 0.0744. The van der Waals surface area contributed by atoms with Crippen molar-refractivity contribution in [1.82, 2.24) is 19.5 Å². The lowest BCUT2D eigenvalue weighted by Crippen LogP contribution is -2.21. The molecule has 0 spiro atoms. The van der Waals surface area contributed by atoms with E-state index < -0.39 is 0 Å². The Bertz CT molecular complexity index is 511. The molecule has 0 atom stereocenters. The highest BCUT2D eigenvalue weighted by Crippen LogP contribution is 2.23. The third-order valence-corrected chi connectivity index (χ3v) is 2.47. The molecule has 80 valence electrons. The number of nitrogens with zero attached hydrogens (tertiary/aromatic N) is 4. The zero-order valence-corrected chi connectivity index (χ0v) is 10.4. The first-order valence-corrected chi connectivity index (χ1v) is 5.35. The summed E-state index contributed by atoms with van der Waals surface area (Å²) in [6.45, 7) is 6.25. The molecule has 2 N–H and O–H groups in total. The normalized spacial score (nSPS) is 12.3. The Kier molecular flexibility index (Phi) is 2.18. The number of hydrogen-bond donors (Lipinski definition) is 1. The highest BCUT2D eigenvalue weighted by Gasteiger charge is 2.18. The molecular weight excluding hydrogens is 258 g/mol. The van der Waals surface area contributed by atoms with Crippen LogP contribution >= 0.6 is 15.9 Å². The van der Waals surface area contributed by atoms with E-state index >= 15 is 0 Å². The summed E-state index contributed by atoms with van der Waals surface area (Å²) in [5.41, 5.74) is 7.08. The number of nitrogens with two attached hydrogens (primary N) is 1. The van der Waals surface area contributed by atoms with Crippen molar-refractivity contribution in [1.29, 1.82) is 0 Å². The first-order valence-electron chi connectivity index (χ1n) is 4.56. The van der Waals surface area contributed by atoms with Gasteiger partial charge in [0.2, 0.25) is 4.73 Å². The maximum Gasteiger partial charge on any atom is 0.200 e. The van der Waals surface area contributed by atoms with Crippen LogP contribution in [0.15, 0.2) is 11.1 Å². The minimum atomic E-state index is -0.0744. The summed E-state index contributed by atoms with van der Waals surface area (Å²) in [6.07, 6.45) is 1.74. The third-order valence-electron chi connectivity index (χ3n) is 2.12. The van der Waals surface area contributed by atoms with Crippen molar-refractivity contribution < 1.29 is 0 Å². The molecule has 5 nitrogen and oxygen atoms in total. The van der Waals surface area contributed by atoms with Gasteiger partial charge in [-0.2, -0.15) is 0 Å². The Morgan fingerprint density at radius 2 is 2.00 bits per heavy atom. The largest absolute Gasteiger partial charge is 0.382 e. The van der Waals surface area contributed by atoms with Crippen LogP contribution in [0.25, 0.3) is 11.2 Å². The van der Waals surface area contributed by atoms with Crippen LogP contribution in [-0.4, -0.2) is 19.5 Å². The summed E-state index contributed by atoms with van der Waals surface area (Å²) in [4.78, 5) is 12.5. The summed E-state index contributed by atoms with van der Waals surface area (Å²) in [6, 6.07) is 0. The summed E-state index contributed by atoms with van der Waals surface area (Å²) in [5.74, 6) is 0.398. The van der Waals surface area contributed by atoms with Crippen LogP contribution in [0, 0.1) is 0 Å². The van der Waals surface area contributed by atoms with Crippen LogP contribution in [-0.2, 0) is 5.54 Å². The monoisotopic (exact) mass is 269 g/mol. The Labute approximate surface area is 95.9 Å². The van der Waals surface area contributed by atoms with E-state index in [1.165, 1.54) is 0 Å². The molecule has 6 heteroatoms. The number of anilines is 1. The second-order valence-electron chi connectivity index (χ2n) is 4.34. The lowest BCUT2D eigenvalue weighted by atomic mass is 10.1. The van der Waals surface area contributed by atoms with E-state index in [1.807, 2.05) is 4.57 Å². The van der Waals surface area contributed by atoms with Gasteiger partial charge in [0.25, 0.3) is 0 Å². The molecule has 0 aliphatic carbocycles. The Morgan fingerprint density at radius 3 is 2.60 bits per heavy atom. The fraction of sp³-hybridized carbons (Fsp3) is 0.444. The number of fused-ring (bicyclic) bond motifs is 1. The lowest BCUT2D eigenvalue weighted by molar-refractivity contribution is 0.406. The van der Waals surface area contributed by atoms with E-state index in [4.69, 9.17) is 5.73 Å². The molecule has 0 aromatic carbocycles. The molecule has 15 heavy (non-hydrogen) atoms. The van der Waals surface area contributed by atoms with Crippen LogP contribution in [0.1, 0.15) is 20.8 Å². The minimum Gasteiger partial charge on any atom is -0.382 e. The van der Waals surface area contributed by atoms with Gasteiger partial charge in [0.1, 0.15) is 5.52 Å². The van der Waals surface area contributed by atoms with Crippen molar-refractivity contribution in [3.63, 3.8) is 0 Å². The van der Waals surface area contributed by atoms with Crippen molar-refractivity contribution in [2.45, 2.75) is 26.3 Å². The zero-order valence-electron chi connectivity index (χ0n) is 8.82. The fourth-order valence-corrected chi connectivity index (χ4v) is 1.74. The Hall–Kier alpha value is -1.17.